The molecule has 2 heterocycles. The number of hydrogen-bond acceptors (Lipinski definition) is 2. The highest BCUT2D eigenvalue weighted by molar-refractivity contribution is 6.28. The average Bonchev–Trinajstić information content (AvgIpc) is 2.79. The standard InChI is InChI=1S/C15H10ClN3/c1-19-10-9-12-13(17-15(16)18-14(12)19)8-7-11-5-3-2-4-6-11/h2-6,9-10H,1H3. The molecule has 0 aliphatic heterocycles. The Bertz CT molecular complexity index is 795. The lowest BCUT2D eigenvalue weighted by molar-refractivity contribution is 0.943. The van der Waals surface area contributed by atoms with E-state index in [1.54, 1.807) is 0 Å². The highest BCUT2D eigenvalue weighted by Crippen LogP contribution is 2.17. The van der Waals surface area contributed by atoms with Crippen molar-refractivity contribution >= 4 is 22.6 Å². The molecular formula is C15H10ClN3. The molecule has 0 aliphatic carbocycles. The fraction of sp³-hybridized carbons (Fsp3) is 0.0667. The molecule has 0 spiro atoms. The SMILES string of the molecule is Cn1ccc2c(C#Cc3ccccc3)nc(Cl)nc21. The van der Waals surface area contributed by atoms with E-state index in [9.17, 15) is 0 Å². The number of aryl methyl sites for hydroxylation is 1. The van der Waals surface area contributed by atoms with E-state index in [1.807, 2.05) is 54.2 Å². The van der Waals surface area contributed by atoms with E-state index in [1.165, 1.54) is 0 Å². The maximum atomic E-state index is 5.93. The summed E-state index contributed by atoms with van der Waals surface area (Å²) < 4.78 is 1.90. The normalized spacial score (nSPS) is 10.2. The van der Waals surface area contributed by atoms with Crippen LogP contribution in [0.5, 0.6) is 0 Å². The Morgan fingerprint density at radius 1 is 1.05 bits per heavy atom. The van der Waals surface area contributed by atoms with E-state index in [0.717, 1.165) is 16.6 Å². The highest BCUT2D eigenvalue weighted by Gasteiger charge is 2.07. The van der Waals surface area contributed by atoms with Crippen LogP contribution in [0.3, 0.4) is 0 Å². The van der Waals surface area contributed by atoms with E-state index in [0.29, 0.717) is 5.69 Å². The van der Waals surface area contributed by atoms with Crippen molar-refractivity contribution in [3.63, 3.8) is 0 Å². The zero-order chi connectivity index (χ0) is 13.2. The number of benzene rings is 1. The van der Waals surface area contributed by atoms with Gasteiger partial charge in [0.15, 0.2) is 0 Å². The number of halogens is 1. The second-order valence-corrected chi connectivity index (χ2v) is 4.46. The molecule has 0 N–H and O–H groups in total. The Morgan fingerprint density at radius 3 is 2.63 bits per heavy atom. The lowest BCUT2D eigenvalue weighted by atomic mass is 10.2. The largest absolute Gasteiger partial charge is 0.335 e. The Balaban J connectivity index is 2.14. The Morgan fingerprint density at radius 2 is 1.84 bits per heavy atom. The van der Waals surface area contributed by atoms with Crippen LogP contribution in [0.2, 0.25) is 5.28 Å². The van der Waals surface area contributed by atoms with Gasteiger partial charge in [0.2, 0.25) is 5.28 Å². The van der Waals surface area contributed by atoms with Gasteiger partial charge in [0.25, 0.3) is 0 Å². The van der Waals surface area contributed by atoms with Crippen molar-refractivity contribution in [2.24, 2.45) is 7.05 Å². The summed E-state index contributed by atoms with van der Waals surface area (Å²) >= 11 is 5.93. The summed E-state index contributed by atoms with van der Waals surface area (Å²) in [5, 5.41) is 1.13. The molecule has 0 radical (unpaired) electrons. The molecule has 0 amide bonds. The molecule has 0 unspecified atom stereocenters. The van der Waals surface area contributed by atoms with Crippen LogP contribution in [0.4, 0.5) is 0 Å². The summed E-state index contributed by atoms with van der Waals surface area (Å²) in [5.74, 6) is 6.14. The van der Waals surface area contributed by atoms with Crippen LogP contribution in [0.1, 0.15) is 11.3 Å². The molecule has 0 saturated heterocycles. The first-order valence-corrected chi connectivity index (χ1v) is 6.17. The van der Waals surface area contributed by atoms with Crippen molar-refractivity contribution < 1.29 is 0 Å². The average molecular weight is 268 g/mol. The van der Waals surface area contributed by atoms with Crippen molar-refractivity contribution in [2.45, 2.75) is 0 Å². The first-order valence-electron chi connectivity index (χ1n) is 5.80. The van der Waals surface area contributed by atoms with Gasteiger partial charge in [-0.25, -0.2) is 4.98 Å². The molecular weight excluding hydrogens is 258 g/mol. The van der Waals surface area contributed by atoms with Gasteiger partial charge in [0, 0.05) is 18.8 Å². The number of hydrogen-bond donors (Lipinski definition) is 0. The van der Waals surface area contributed by atoms with Crippen LogP contribution in [-0.2, 0) is 7.05 Å². The van der Waals surface area contributed by atoms with Gasteiger partial charge in [0.05, 0.1) is 5.39 Å². The minimum Gasteiger partial charge on any atom is -0.335 e. The Hall–Kier alpha value is -2.31. The van der Waals surface area contributed by atoms with Gasteiger partial charge in [-0.15, -0.1) is 0 Å². The molecule has 0 fully saturated rings. The smallest absolute Gasteiger partial charge is 0.225 e. The molecule has 92 valence electrons. The third-order valence-corrected chi connectivity index (χ3v) is 2.97. The molecule has 3 nitrogen and oxygen atoms in total. The molecule has 2 aromatic heterocycles. The van der Waals surface area contributed by atoms with Crippen LogP contribution in [-0.4, -0.2) is 14.5 Å². The lowest BCUT2D eigenvalue weighted by Crippen LogP contribution is -1.93. The molecule has 19 heavy (non-hydrogen) atoms. The molecule has 3 aromatic rings. The molecule has 0 aliphatic rings. The van der Waals surface area contributed by atoms with Crippen LogP contribution >= 0.6 is 11.6 Å². The zero-order valence-electron chi connectivity index (χ0n) is 10.3. The van der Waals surface area contributed by atoms with Gasteiger partial charge in [-0.3, -0.25) is 0 Å². The summed E-state index contributed by atoms with van der Waals surface area (Å²) in [6, 6.07) is 11.7. The van der Waals surface area contributed by atoms with Gasteiger partial charge < -0.3 is 4.57 Å². The van der Waals surface area contributed by atoms with Crippen LogP contribution in [0.25, 0.3) is 11.0 Å². The van der Waals surface area contributed by atoms with Crippen molar-refractivity contribution in [3.05, 3.63) is 59.1 Å². The van der Waals surface area contributed by atoms with Gasteiger partial charge in [-0.05, 0) is 35.7 Å². The summed E-state index contributed by atoms with van der Waals surface area (Å²) in [7, 11) is 1.92. The topological polar surface area (TPSA) is 30.7 Å². The van der Waals surface area contributed by atoms with Crippen molar-refractivity contribution in [3.8, 4) is 11.8 Å². The minimum atomic E-state index is 0.215. The summed E-state index contributed by atoms with van der Waals surface area (Å²) in [6.45, 7) is 0. The van der Waals surface area contributed by atoms with Gasteiger partial charge in [-0.1, -0.05) is 24.1 Å². The predicted octanol–water partition coefficient (Wildman–Crippen LogP) is 3.02. The molecule has 3 rings (SSSR count). The fourth-order valence-corrected chi connectivity index (χ4v) is 2.02. The van der Waals surface area contributed by atoms with Crippen molar-refractivity contribution in [1.82, 2.24) is 14.5 Å². The second-order valence-electron chi connectivity index (χ2n) is 4.12. The van der Waals surface area contributed by atoms with Crippen LogP contribution in [0.15, 0.2) is 42.6 Å². The molecule has 0 bridgehead atoms. The first-order chi connectivity index (χ1) is 9.24. The number of fused-ring (bicyclic) bond motifs is 1. The lowest BCUT2D eigenvalue weighted by Gasteiger charge is -1.98. The summed E-state index contributed by atoms with van der Waals surface area (Å²) in [5.41, 5.74) is 2.39. The third-order valence-electron chi connectivity index (χ3n) is 2.80. The van der Waals surface area contributed by atoms with Crippen molar-refractivity contribution in [2.75, 3.05) is 0 Å². The van der Waals surface area contributed by atoms with Crippen LogP contribution < -0.4 is 0 Å². The Kier molecular flexibility index (Phi) is 2.94. The third kappa shape index (κ3) is 2.31. The first kappa shape index (κ1) is 11.8. The van der Waals surface area contributed by atoms with Gasteiger partial charge >= 0.3 is 0 Å². The van der Waals surface area contributed by atoms with Crippen molar-refractivity contribution in [1.29, 1.82) is 0 Å². The Labute approximate surface area is 115 Å². The van der Waals surface area contributed by atoms with E-state index in [2.05, 4.69) is 21.8 Å². The van der Waals surface area contributed by atoms with Crippen LogP contribution in [0, 0.1) is 11.8 Å². The molecule has 0 saturated carbocycles. The van der Waals surface area contributed by atoms with E-state index in [-0.39, 0.29) is 5.28 Å². The quantitative estimate of drug-likeness (QED) is 0.463. The molecule has 0 atom stereocenters. The highest BCUT2D eigenvalue weighted by atomic mass is 35.5. The van der Waals surface area contributed by atoms with E-state index >= 15 is 0 Å². The molecule has 4 heteroatoms. The maximum absolute atomic E-state index is 5.93. The van der Waals surface area contributed by atoms with E-state index < -0.39 is 0 Å². The maximum Gasteiger partial charge on any atom is 0.225 e. The van der Waals surface area contributed by atoms with Gasteiger partial charge in [0.1, 0.15) is 11.3 Å². The number of nitrogens with zero attached hydrogens (tertiary/aromatic N) is 3. The molecule has 1 aromatic carbocycles. The minimum absolute atomic E-state index is 0.215. The summed E-state index contributed by atoms with van der Waals surface area (Å²) in [6.07, 6.45) is 1.92. The van der Waals surface area contributed by atoms with E-state index in [4.69, 9.17) is 11.6 Å². The second kappa shape index (κ2) is 4.75. The zero-order valence-corrected chi connectivity index (χ0v) is 11.0. The number of rotatable bonds is 0. The predicted molar refractivity (Wildman–Crippen MR) is 75.9 cm³/mol. The van der Waals surface area contributed by atoms with Gasteiger partial charge in [-0.2, -0.15) is 4.98 Å². The monoisotopic (exact) mass is 267 g/mol. The fourth-order valence-electron chi connectivity index (χ4n) is 1.86. The number of aromatic nitrogens is 3. The summed E-state index contributed by atoms with van der Waals surface area (Å²) in [4.78, 5) is 8.40.